The molecule has 1 heterocycles. The van der Waals surface area contributed by atoms with Gasteiger partial charge in [0.05, 0.1) is 22.8 Å². The van der Waals surface area contributed by atoms with Crippen molar-refractivity contribution >= 4 is 25.7 Å². The van der Waals surface area contributed by atoms with Crippen molar-refractivity contribution in [2.24, 2.45) is 0 Å². The van der Waals surface area contributed by atoms with E-state index in [1.165, 1.54) is 16.4 Å². The molecule has 0 bridgehead atoms. The predicted octanol–water partition coefficient (Wildman–Crippen LogP) is 3.69. The molecular weight excluding hydrogens is 457 g/mol. The Hall–Kier alpha value is -2.31. The second kappa shape index (κ2) is 8.67. The number of hydrogen-bond donors (Lipinski definition) is 1. The maximum atomic E-state index is 13.0. The Morgan fingerprint density at radius 2 is 1.71 bits per heavy atom. The van der Waals surface area contributed by atoms with Gasteiger partial charge in [-0.3, -0.25) is 4.72 Å². The predicted molar refractivity (Wildman–Crippen MR) is 108 cm³/mol. The lowest BCUT2D eigenvalue weighted by Crippen LogP contribution is -2.28. The first-order valence-corrected chi connectivity index (χ1v) is 12.3. The van der Waals surface area contributed by atoms with Crippen LogP contribution in [0.15, 0.2) is 52.3 Å². The van der Waals surface area contributed by atoms with Crippen LogP contribution in [-0.4, -0.2) is 40.8 Å². The van der Waals surface area contributed by atoms with Gasteiger partial charge in [-0.1, -0.05) is 6.07 Å². The van der Waals surface area contributed by atoms with Crippen LogP contribution >= 0.6 is 0 Å². The molecule has 1 saturated heterocycles. The quantitative estimate of drug-likeness (QED) is 0.655. The molecule has 0 unspecified atom stereocenters. The summed E-state index contributed by atoms with van der Waals surface area (Å²) in [7, 11) is -8.34. The van der Waals surface area contributed by atoms with Gasteiger partial charge in [0.15, 0.2) is 0 Å². The second-order valence-corrected chi connectivity index (χ2v) is 10.4. The fraction of sp³-hybridized carbons (Fsp3) is 0.368. The molecule has 3 rings (SSSR count). The largest absolute Gasteiger partial charge is 0.492 e. The summed E-state index contributed by atoms with van der Waals surface area (Å²) in [5, 5.41) is 0. The van der Waals surface area contributed by atoms with Crippen molar-refractivity contribution in [3.05, 3.63) is 48.0 Å². The zero-order chi connectivity index (χ0) is 22.9. The molecule has 7 nitrogen and oxygen atoms in total. The van der Waals surface area contributed by atoms with Crippen LogP contribution in [0.5, 0.6) is 5.75 Å². The van der Waals surface area contributed by atoms with E-state index in [9.17, 15) is 30.0 Å². The van der Waals surface area contributed by atoms with Crippen LogP contribution in [0, 0.1) is 0 Å². The zero-order valence-electron chi connectivity index (χ0n) is 16.5. The number of alkyl halides is 3. The number of anilines is 1. The van der Waals surface area contributed by atoms with Crippen molar-refractivity contribution < 1.29 is 34.7 Å². The molecule has 0 aromatic heterocycles. The molecule has 0 amide bonds. The summed E-state index contributed by atoms with van der Waals surface area (Å²) in [5.41, 5.74) is -1.22. The topological polar surface area (TPSA) is 92.8 Å². The van der Waals surface area contributed by atoms with Crippen molar-refractivity contribution in [1.82, 2.24) is 4.31 Å². The van der Waals surface area contributed by atoms with Crippen LogP contribution in [0.4, 0.5) is 18.9 Å². The first-order chi connectivity index (χ1) is 14.4. The van der Waals surface area contributed by atoms with Crippen LogP contribution in [0.1, 0.15) is 25.3 Å². The lowest BCUT2D eigenvalue weighted by atomic mass is 10.2. The molecule has 2 aromatic rings. The van der Waals surface area contributed by atoms with E-state index >= 15 is 0 Å². The van der Waals surface area contributed by atoms with E-state index in [4.69, 9.17) is 4.74 Å². The van der Waals surface area contributed by atoms with Gasteiger partial charge in [0.25, 0.3) is 10.0 Å². The molecule has 0 saturated carbocycles. The maximum Gasteiger partial charge on any atom is 0.416 e. The summed E-state index contributed by atoms with van der Waals surface area (Å²) < 4.78 is 98.9. The summed E-state index contributed by atoms with van der Waals surface area (Å²) >= 11 is 0. The van der Waals surface area contributed by atoms with Gasteiger partial charge in [-0.25, -0.2) is 16.8 Å². The van der Waals surface area contributed by atoms with Crippen molar-refractivity contribution in [2.45, 2.75) is 35.7 Å². The van der Waals surface area contributed by atoms with Gasteiger partial charge in [0.1, 0.15) is 10.6 Å². The number of hydrogen-bond acceptors (Lipinski definition) is 5. The number of rotatable bonds is 7. The van der Waals surface area contributed by atoms with Gasteiger partial charge >= 0.3 is 6.18 Å². The molecule has 0 aliphatic carbocycles. The van der Waals surface area contributed by atoms with Gasteiger partial charge in [0.2, 0.25) is 10.0 Å². The minimum Gasteiger partial charge on any atom is -0.492 e. The number of nitrogens with zero attached hydrogens (tertiary/aromatic N) is 1. The smallest absolute Gasteiger partial charge is 0.416 e. The van der Waals surface area contributed by atoms with Crippen LogP contribution in [0.3, 0.4) is 0 Å². The van der Waals surface area contributed by atoms with Crippen molar-refractivity contribution in [2.75, 3.05) is 24.4 Å². The third kappa shape index (κ3) is 5.13. The van der Waals surface area contributed by atoms with Crippen LogP contribution in [0.2, 0.25) is 0 Å². The van der Waals surface area contributed by atoms with Crippen LogP contribution < -0.4 is 9.46 Å². The zero-order valence-corrected chi connectivity index (χ0v) is 18.1. The number of halogens is 3. The van der Waals surface area contributed by atoms with Crippen molar-refractivity contribution in [3.8, 4) is 5.75 Å². The normalized spacial score (nSPS) is 15.7. The average molecular weight is 479 g/mol. The number of nitrogens with one attached hydrogen (secondary N) is 1. The number of sulfonamides is 2. The lowest BCUT2D eigenvalue weighted by molar-refractivity contribution is -0.137. The molecule has 0 radical (unpaired) electrons. The minimum absolute atomic E-state index is 0.0661. The highest BCUT2D eigenvalue weighted by atomic mass is 32.2. The van der Waals surface area contributed by atoms with E-state index in [1.54, 1.807) is 6.92 Å². The fourth-order valence-electron chi connectivity index (χ4n) is 3.17. The van der Waals surface area contributed by atoms with E-state index in [2.05, 4.69) is 4.72 Å². The van der Waals surface area contributed by atoms with Gasteiger partial charge in [-0.05, 0) is 56.2 Å². The molecule has 1 N–H and O–H groups in total. The monoisotopic (exact) mass is 478 g/mol. The molecule has 1 aliphatic heterocycles. The van der Waals surface area contributed by atoms with Gasteiger partial charge in [0, 0.05) is 13.1 Å². The highest BCUT2D eigenvalue weighted by Crippen LogP contribution is 2.33. The Labute approximate surface area is 178 Å². The maximum absolute atomic E-state index is 13.0. The Morgan fingerprint density at radius 3 is 2.32 bits per heavy atom. The average Bonchev–Trinajstić information content (AvgIpc) is 3.24. The third-order valence-electron chi connectivity index (χ3n) is 4.65. The van der Waals surface area contributed by atoms with Gasteiger partial charge < -0.3 is 4.74 Å². The molecule has 2 aromatic carbocycles. The SMILES string of the molecule is CCOc1ccc(NS(=O)(=O)c2cccc(C(F)(F)F)c2)cc1S(=O)(=O)N1CCCC1. The van der Waals surface area contributed by atoms with Gasteiger partial charge in [-0.15, -0.1) is 0 Å². The van der Waals surface area contributed by atoms with E-state index < -0.39 is 36.7 Å². The molecule has 1 aliphatic rings. The Kier molecular flexibility index (Phi) is 6.53. The highest BCUT2D eigenvalue weighted by molar-refractivity contribution is 7.92. The molecular formula is C19H21F3N2O5S2. The summed E-state index contributed by atoms with van der Waals surface area (Å²) in [4.78, 5) is -0.805. The van der Waals surface area contributed by atoms with Gasteiger partial charge in [-0.2, -0.15) is 17.5 Å². The second-order valence-electron chi connectivity index (χ2n) is 6.84. The minimum atomic E-state index is -4.71. The molecule has 170 valence electrons. The summed E-state index contributed by atoms with van der Waals surface area (Å²) in [6.07, 6.45) is -3.28. The third-order valence-corrected chi connectivity index (χ3v) is 7.95. The Balaban J connectivity index is 1.98. The molecule has 1 fully saturated rings. The van der Waals surface area contributed by atoms with E-state index in [-0.39, 0.29) is 22.9 Å². The highest BCUT2D eigenvalue weighted by Gasteiger charge is 2.33. The van der Waals surface area contributed by atoms with E-state index in [0.29, 0.717) is 32.0 Å². The van der Waals surface area contributed by atoms with E-state index in [0.717, 1.165) is 24.3 Å². The first kappa shape index (κ1) is 23.4. The van der Waals surface area contributed by atoms with Crippen molar-refractivity contribution in [3.63, 3.8) is 0 Å². The molecule has 0 spiro atoms. The lowest BCUT2D eigenvalue weighted by Gasteiger charge is -2.19. The summed E-state index contributed by atoms with van der Waals surface area (Å²) in [5.74, 6) is 0.0661. The molecule has 12 heteroatoms. The fourth-order valence-corrected chi connectivity index (χ4v) is 5.94. The van der Waals surface area contributed by atoms with Crippen LogP contribution in [0.25, 0.3) is 0 Å². The number of benzene rings is 2. The Bertz CT molecular complexity index is 1160. The molecule has 31 heavy (non-hydrogen) atoms. The van der Waals surface area contributed by atoms with Crippen molar-refractivity contribution in [1.29, 1.82) is 0 Å². The Morgan fingerprint density at radius 1 is 1.03 bits per heavy atom. The standard InChI is InChI=1S/C19H21F3N2O5S2/c1-2-29-17-9-8-15(13-18(17)31(27,28)24-10-3-4-11-24)23-30(25,26)16-7-5-6-14(12-16)19(20,21)22/h5-9,12-13,23H,2-4,10-11H2,1H3. The van der Waals surface area contributed by atoms with Crippen LogP contribution in [-0.2, 0) is 26.2 Å². The summed E-state index contributed by atoms with van der Waals surface area (Å²) in [6.45, 7) is 2.55. The summed E-state index contributed by atoms with van der Waals surface area (Å²) in [6, 6.07) is 7.00. The number of ether oxygens (including phenoxy) is 1. The first-order valence-electron chi connectivity index (χ1n) is 9.42. The van der Waals surface area contributed by atoms with E-state index in [1.807, 2.05) is 0 Å². The molecule has 0 atom stereocenters.